The molecule has 2 aromatic rings. The molecule has 2 rings (SSSR count). The van der Waals surface area contributed by atoms with Crippen molar-refractivity contribution >= 4 is 35.5 Å². The zero-order chi connectivity index (χ0) is 37.7. The Kier molecular flexibility index (Phi) is 15.4. The Morgan fingerprint density at radius 2 is 1.40 bits per heavy atom. The van der Waals surface area contributed by atoms with Gasteiger partial charge in [-0.15, -0.1) is 0 Å². The molecule has 0 spiro atoms. The second kappa shape index (κ2) is 18.9. The molecule has 0 radical (unpaired) electrons. The van der Waals surface area contributed by atoms with Crippen molar-refractivity contribution in [3.05, 3.63) is 68.2 Å². The van der Waals surface area contributed by atoms with Crippen LogP contribution in [0.15, 0.2) is 39.9 Å². The van der Waals surface area contributed by atoms with E-state index in [0.29, 0.717) is 5.56 Å². The van der Waals surface area contributed by atoms with Crippen molar-refractivity contribution in [3.63, 3.8) is 0 Å². The lowest BCUT2D eigenvalue weighted by molar-refractivity contribution is -0.143. The van der Waals surface area contributed by atoms with Gasteiger partial charge in [-0.3, -0.25) is 33.8 Å². The van der Waals surface area contributed by atoms with E-state index in [1.165, 1.54) is 0 Å². The lowest BCUT2D eigenvalue weighted by atomic mass is 9.98. The van der Waals surface area contributed by atoms with Gasteiger partial charge in [-0.25, -0.2) is 9.59 Å². The van der Waals surface area contributed by atoms with Gasteiger partial charge in [0.1, 0.15) is 35.9 Å². The van der Waals surface area contributed by atoms with Crippen LogP contribution < -0.4 is 43.6 Å². The number of aromatic amines is 2. The number of carbonyl (C=O) groups is 6. The fourth-order valence-electron chi connectivity index (χ4n) is 4.56. The quantitative estimate of drug-likeness (QED) is 0.0756. The van der Waals surface area contributed by atoms with Crippen LogP contribution in [0.25, 0.3) is 0 Å². The zero-order valence-electron chi connectivity index (χ0n) is 27.9. The van der Waals surface area contributed by atoms with E-state index >= 15 is 0 Å². The molecule has 0 bridgehead atoms. The Balaban J connectivity index is 2.18. The van der Waals surface area contributed by atoms with E-state index in [1.54, 1.807) is 63.0 Å². The molecule has 0 saturated carbocycles. The van der Waals surface area contributed by atoms with Gasteiger partial charge in [-0.1, -0.05) is 58.0 Å². The van der Waals surface area contributed by atoms with Gasteiger partial charge in [0.15, 0.2) is 0 Å². The third-order valence-corrected chi connectivity index (χ3v) is 7.23. The number of rotatable bonds is 18. The molecule has 11 N–H and O–H groups in total. The van der Waals surface area contributed by atoms with Gasteiger partial charge in [0.25, 0.3) is 11.5 Å². The Labute approximate surface area is 285 Å². The zero-order valence-corrected chi connectivity index (χ0v) is 27.9. The summed E-state index contributed by atoms with van der Waals surface area (Å²) in [5.41, 5.74) is 2.95. The van der Waals surface area contributed by atoms with E-state index in [-0.39, 0.29) is 18.8 Å². The Hall–Kier alpha value is -5.43. The average Bonchev–Trinajstić information content (AvgIpc) is 3.05. The first kappa shape index (κ1) is 40.7. The highest BCUT2D eigenvalue weighted by molar-refractivity contribution is 5.96. The van der Waals surface area contributed by atoms with E-state index in [0.717, 1.165) is 0 Å². The highest BCUT2D eigenvalue weighted by atomic mass is 19.1. The molecule has 0 aliphatic carbocycles. The number of benzene rings is 1. The van der Waals surface area contributed by atoms with E-state index in [9.17, 15) is 53.0 Å². The number of halogens is 1. The highest BCUT2D eigenvalue weighted by Crippen LogP contribution is 2.10. The summed E-state index contributed by atoms with van der Waals surface area (Å²) in [6, 6.07) is 1.63. The normalized spacial score (nSPS) is 14.1. The molecule has 1 heterocycles. The molecule has 19 heteroatoms. The average molecular weight is 707 g/mol. The standard InChI is InChI=1S/C31H43FN8O10/c1-14(2)10-18(25(43)35-19(11-16-8-6-5-7-9-16)26(44)37-20(13-41)30(48)49)36-29(47)22(15(3)4)38-24(42)17(33)12-34-28(46)23-21(32)27(45)40-31(50)39-23/h5-9,14-15,17-20,22,41H,10-13,33H2,1-4H3,(H,34,46)(H,35,43)(H,36,47)(H,37,44)(H,38,42)(H,48,49)(H2,39,40,45,50)/t17-,18-,19-,20+,22-/m0/s1. The number of hydrogen-bond acceptors (Lipinski definition) is 10. The van der Waals surface area contributed by atoms with Crippen molar-refractivity contribution in [3.8, 4) is 0 Å². The largest absolute Gasteiger partial charge is 0.480 e. The summed E-state index contributed by atoms with van der Waals surface area (Å²) in [6.07, 6.45) is 0.0397. The molecule has 0 fully saturated rings. The van der Waals surface area contributed by atoms with Gasteiger partial charge in [0, 0.05) is 13.0 Å². The predicted molar refractivity (Wildman–Crippen MR) is 175 cm³/mol. The summed E-state index contributed by atoms with van der Waals surface area (Å²) in [7, 11) is 0. The molecule has 274 valence electrons. The number of nitrogens with one attached hydrogen (secondary N) is 7. The number of hydrogen-bond donors (Lipinski definition) is 10. The Morgan fingerprint density at radius 1 is 0.820 bits per heavy atom. The molecule has 50 heavy (non-hydrogen) atoms. The first-order valence-electron chi connectivity index (χ1n) is 15.6. The van der Waals surface area contributed by atoms with E-state index in [1.807, 2.05) is 4.98 Å². The van der Waals surface area contributed by atoms with Gasteiger partial charge >= 0.3 is 11.7 Å². The van der Waals surface area contributed by atoms with Crippen LogP contribution in [0.2, 0.25) is 0 Å². The second-order valence-corrected chi connectivity index (χ2v) is 12.2. The SMILES string of the molecule is CC(C)C[C@H](NC(=O)[C@@H](NC(=O)[C@@H](N)CNC(=O)c1[nH]c(=O)[nH]c(=O)c1F)C(C)C)C(=O)N[C@@H](Cc1ccccc1)C(=O)N[C@H](CO)C(=O)O. The lowest BCUT2D eigenvalue weighted by Gasteiger charge is -2.28. The summed E-state index contributed by atoms with van der Waals surface area (Å²) >= 11 is 0. The van der Waals surface area contributed by atoms with Crippen LogP contribution >= 0.6 is 0 Å². The maximum atomic E-state index is 14.0. The van der Waals surface area contributed by atoms with Crippen LogP contribution in [-0.2, 0) is 30.4 Å². The van der Waals surface area contributed by atoms with Gasteiger partial charge in [-0.2, -0.15) is 4.39 Å². The fourth-order valence-corrected chi connectivity index (χ4v) is 4.56. The topological polar surface area (TPSA) is 295 Å². The molecule has 0 saturated heterocycles. The third-order valence-electron chi connectivity index (χ3n) is 7.23. The van der Waals surface area contributed by atoms with Crippen molar-refractivity contribution in [1.29, 1.82) is 0 Å². The number of H-pyrrole nitrogens is 2. The van der Waals surface area contributed by atoms with Gasteiger partial charge in [0.2, 0.25) is 29.4 Å². The maximum Gasteiger partial charge on any atom is 0.328 e. The fraction of sp³-hybridized carbons (Fsp3) is 0.484. The van der Waals surface area contributed by atoms with Crippen LogP contribution in [0.1, 0.15) is 50.2 Å². The van der Waals surface area contributed by atoms with Crippen molar-refractivity contribution < 1.29 is 43.4 Å². The predicted octanol–water partition coefficient (Wildman–Crippen LogP) is -2.78. The first-order valence-corrected chi connectivity index (χ1v) is 15.6. The van der Waals surface area contributed by atoms with Crippen molar-refractivity contribution in [2.75, 3.05) is 13.2 Å². The molecule has 0 aliphatic heterocycles. The van der Waals surface area contributed by atoms with E-state index < -0.39 is 108 Å². The molecular weight excluding hydrogens is 663 g/mol. The molecule has 5 atom stereocenters. The monoisotopic (exact) mass is 706 g/mol. The van der Waals surface area contributed by atoms with E-state index in [2.05, 4.69) is 26.6 Å². The van der Waals surface area contributed by atoms with E-state index in [4.69, 9.17) is 5.73 Å². The van der Waals surface area contributed by atoms with Gasteiger partial charge in [0.05, 0.1) is 6.61 Å². The number of amides is 5. The van der Waals surface area contributed by atoms with Crippen LogP contribution in [0.3, 0.4) is 0 Å². The van der Waals surface area contributed by atoms with Crippen LogP contribution in [0.4, 0.5) is 4.39 Å². The van der Waals surface area contributed by atoms with Crippen molar-refractivity contribution in [2.45, 2.75) is 70.7 Å². The molecule has 1 aromatic heterocycles. The number of carboxylic acid groups (broad SMARTS) is 1. The summed E-state index contributed by atoms with van der Waals surface area (Å²) in [4.78, 5) is 103. The van der Waals surface area contributed by atoms with Crippen LogP contribution in [0, 0.1) is 17.7 Å². The third kappa shape index (κ3) is 12.2. The maximum absolute atomic E-state index is 14.0. The Bertz CT molecular complexity index is 1650. The van der Waals surface area contributed by atoms with Crippen LogP contribution in [-0.4, -0.2) is 99.0 Å². The van der Waals surface area contributed by atoms with Gasteiger partial charge < -0.3 is 47.5 Å². The number of carboxylic acids is 1. The number of aliphatic hydroxyl groups is 1. The molecule has 1 aromatic carbocycles. The summed E-state index contributed by atoms with van der Waals surface area (Å²) in [6.45, 7) is 5.27. The smallest absolute Gasteiger partial charge is 0.328 e. The molecule has 18 nitrogen and oxygen atoms in total. The lowest BCUT2D eigenvalue weighted by Crippen LogP contribution is -2.60. The van der Waals surface area contributed by atoms with Crippen molar-refractivity contribution in [2.24, 2.45) is 17.6 Å². The number of aliphatic hydroxyl groups excluding tert-OH is 1. The molecule has 0 aliphatic rings. The summed E-state index contributed by atoms with van der Waals surface area (Å²) in [5, 5.41) is 30.6. The molecule has 0 unspecified atom stereocenters. The number of aromatic nitrogens is 2. The van der Waals surface area contributed by atoms with Gasteiger partial charge in [-0.05, 0) is 23.8 Å². The minimum atomic E-state index is -1.63. The number of nitrogens with two attached hydrogens (primary N) is 1. The molecule has 5 amide bonds. The Morgan fingerprint density at radius 3 is 1.96 bits per heavy atom. The minimum absolute atomic E-state index is 0.0544. The van der Waals surface area contributed by atoms with Crippen molar-refractivity contribution in [1.82, 2.24) is 36.6 Å². The van der Waals surface area contributed by atoms with Crippen LogP contribution in [0.5, 0.6) is 0 Å². The highest BCUT2D eigenvalue weighted by Gasteiger charge is 2.33. The minimum Gasteiger partial charge on any atom is -0.480 e. The molecular formula is C31H43FN8O10. The number of aliphatic carboxylic acids is 1. The summed E-state index contributed by atoms with van der Waals surface area (Å²) < 4.78 is 14.0. The number of carbonyl (C=O) groups excluding carboxylic acids is 5. The summed E-state index contributed by atoms with van der Waals surface area (Å²) in [5.74, 6) is -8.36. The second-order valence-electron chi connectivity index (χ2n) is 12.2. The first-order chi connectivity index (χ1) is 23.4.